The molecule has 2 aromatic rings. The number of rotatable bonds is 8. The van der Waals surface area contributed by atoms with Gasteiger partial charge in [0.15, 0.2) is 9.84 Å². The molecule has 0 saturated heterocycles. The summed E-state index contributed by atoms with van der Waals surface area (Å²) in [5.41, 5.74) is 1.84. The van der Waals surface area contributed by atoms with Crippen molar-refractivity contribution in [2.24, 2.45) is 5.41 Å². The number of sulfone groups is 1. The first kappa shape index (κ1) is 23.6. The summed E-state index contributed by atoms with van der Waals surface area (Å²) in [6.07, 6.45) is 5.70. The third kappa shape index (κ3) is 5.05. The molecule has 1 aliphatic rings. The smallest absolute Gasteiger partial charge is 0.181 e. The number of halogens is 1. The highest BCUT2D eigenvalue weighted by molar-refractivity contribution is 7.91. The lowest BCUT2D eigenvalue weighted by Crippen LogP contribution is -2.38. The van der Waals surface area contributed by atoms with Crippen LogP contribution in [0.15, 0.2) is 41.3 Å². The van der Waals surface area contributed by atoms with Crippen molar-refractivity contribution < 1.29 is 17.5 Å². The van der Waals surface area contributed by atoms with Crippen LogP contribution in [-0.4, -0.2) is 27.8 Å². The van der Waals surface area contributed by atoms with Gasteiger partial charge in [-0.15, -0.1) is 0 Å². The molecule has 0 saturated carbocycles. The van der Waals surface area contributed by atoms with Gasteiger partial charge in [0.2, 0.25) is 0 Å². The van der Waals surface area contributed by atoms with Crippen LogP contribution < -0.4 is 9.64 Å². The van der Waals surface area contributed by atoms with Crippen LogP contribution in [0.2, 0.25) is 0 Å². The Hall–Kier alpha value is -2.08. The zero-order valence-corrected chi connectivity index (χ0v) is 19.9. The highest BCUT2D eigenvalue weighted by atomic mass is 32.2. The van der Waals surface area contributed by atoms with Gasteiger partial charge in [-0.05, 0) is 55.7 Å². The number of anilines is 2. The van der Waals surface area contributed by atoms with Crippen LogP contribution >= 0.6 is 0 Å². The molecule has 3 rings (SSSR count). The normalized spacial score (nSPS) is 17.1. The van der Waals surface area contributed by atoms with E-state index in [0.717, 1.165) is 49.8 Å². The summed E-state index contributed by atoms with van der Waals surface area (Å²) < 4.78 is 46.6. The van der Waals surface area contributed by atoms with Crippen molar-refractivity contribution in [3.05, 3.63) is 47.8 Å². The van der Waals surface area contributed by atoms with Crippen LogP contribution in [0.4, 0.5) is 15.8 Å². The van der Waals surface area contributed by atoms with Crippen LogP contribution in [0.25, 0.3) is 0 Å². The summed E-state index contributed by atoms with van der Waals surface area (Å²) in [7, 11) is -1.92. The molecule has 0 unspecified atom stereocenters. The molecule has 0 radical (unpaired) electrons. The number of fused-ring (bicyclic) bond motifs is 1. The second kappa shape index (κ2) is 9.60. The van der Waals surface area contributed by atoms with Crippen molar-refractivity contribution in [1.29, 1.82) is 0 Å². The van der Waals surface area contributed by atoms with Gasteiger partial charge < -0.3 is 9.64 Å². The van der Waals surface area contributed by atoms with E-state index < -0.39 is 9.84 Å². The molecule has 0 bridgehead atoms. The van der Waals surface area contributed by atoms with Gasteiger partial charge in [-0.1, -0.05) is 39.5 Å². The minimum absolute atomic E-state index is 0.135. The molecule has 0 fully saturated rings. The maximum atomic E-state index is 13.7. The molecule has 0 atom stereocenters. The minimum atomic E-state index is -3.51. The standard InChI is InChI=1S/C25H34FNO3S/c1-5-7-13-25(14-8-6-2)17-27(21-11-9-20(26)10-12-21)22-16-23(30-4)19(3)15-24(22)31(28,29)18-25/h9-12,15-16H,5-8,13-14,17-18H2,1-4H3. The number of unbranched alkanes of at least 4 members (excludes halogenated alkanes) is 2. The van der Waals surface area contributed by atoms with Crippen molar-refractivity contribution in [1.82, 2.24) is 0 Å². The molecule has 1 heterocycles. The molecule has 1 aliphatic heterocycles. The van der Waals surface area contributed by atoms with E-state index in [9.17, 15) is 12.8 Å². The lowest BCUT2D eigenvalue weighted by molar-refractivity contribution is 0.270. The Balaban J connectivity index is 2.24. The Morgan fingerprint density at radius 1 is 1.06 bits per heavy atom. The molecule has 170 valence electrons. The first-order chi connectivity index (χ1) is 14.7. The molecular weight excluding hydrogens is 413 g/mol. The SMILES string of the molecule is CCCCC1(CCCC)CN(c2ccc(F)cc2)c2cc(OC)c(C)cc2S(=O)(=O)C1. The van der Waals surface area contributed by atoms with E-state index >= 15 is 0 Å². The lowest BCUT2D eigenvalue weighted by Gasteiger charge is -2.37. The molecule has 0 N–H and O–H groups in total. The first-order valence-corrected chi connectivity index (χ1v) is 12.8. The van der Waals surface area contributed by atoms with Crippen molar-refractivity contribution in [2.75, 3.05) is 24.3 Å². The number of methoxy groups -OCH3 is 1. The number of benzene rings is 2. The Labute approximate surface area is 186 Å². The average Bonchev–Trinajstić information content (AvgIpc) is 2.83. The maximum absolute atomic E-state index is 13.7. The van der Waals surface area contributed by atoms with Gasteiger partial charge in [0.1, 0.15) is 11.6 Å². The summed E-state index contributed by atoms with van der Waals surface area (Å²) >= 11 is 0. The molecule has 0 aromatic heterocycles. The molecule has 2 aromatic carbocycles. The second-order valence-corrected chi connectivity index (χ2v) is 10.8. The lowest BCUT2D eigenvalue weighted by atomic mass is 9.79. The summed E-state index contributed by atoms with van der Waals surface area (Å²) in [4.78, 5) is 2.40. The third-order valence-electron chi connectivity index (χ3n) is 6.35. The van der Waals surface area contributed by atoms with Gasteiger partial charge in [-0.25, -0.2) is 12.8 Å². The highest BCUT2D eigenvalue weighted by Gasteiger charge is 2.42. The largest absolute Gasteiger partial charge is 0.496 e. The van der Waals surface area contributed by atoms with Gasteiger partial charge >= 0.3 is 0 Å². The van der Waals surface area contributed by atoms with E-state index in [-0.39, 0.29) is 17.0 Å². The van der Waals surface area contributed by atoms with Gasteiger partial charge in [-0.2, -0.15) is 0 Å². The number of nitrogens with zero attached hydrogens (tertiary/aromatic N) is 1. The van der Waals surface area contributed by atoms with E-state index in [1.165, 1.54) is 12.1 Å². The summed E-state index contributed by atoms with van der Waals surface area (Å²) in [6.45, 7) is 6.72. The van der Waals surface area contributed by atoms with Crippen LogP contribution in [0.3, 0.4) is 0 Å². The number of ether oxygens (including phenoxy) is 1. The van der Waals surface area contributed by atoms with E-state index in [4.69, 9.17) is 4.74 Å². The molecule has 31 heavy (non-hydrogen) atoms. The maximum Gasteiger partial charge on any atom is 0.181 e. The zero-order chi connectivity index (χ0) is 22.6. The Bertz CT molecular complexity index is 994. The predicted molar refractivity (Wildman–Crippen MR) is 125 cm³/mol. The summed E-state index contributed by atoms with van der Waals surface area (Å²) in [6, 6.07) is 9.87. The Kier molecular flexibility index (Phi) is 7.30. The van der Waals surface area contributed by atoms with Gasteiger partial charge in [-0.3, -0.25) is 0 Å². The summed E-state index contributed by atoms with van der Waals surface area (Å²) in [5, 5.41) is 0. The second-order valence-electron chi connectivity index (χ2n) is 8.82. The van der Waals surface area contributed by atoms with Crippen LogP contribution in [0, 0.1) is 18.2 Å². The van der Waals surface area contributed by atoms with Crippen molar-refractivity contribution in [3.8, 4) is 5.75 Å². The molecular formula is C25H34FNO3S. The van der Waals surface area contributed by atoms with E-state index in [1.54, 1.807) is 25.3 Å². The van der Waals surface area contributed by atoms with Crippen LogP contribution in [0.5, 0.6) is 5.75 Å². The van der Waals surface area contributed by atoms with E-state index in [2.05, 4.69) is 18.7 Å². The Morgan fingerprint density at radius 2 is 1.68 bits per heavy atom. The average molecular weight is 448 g/mol. The zero-order valence-electron chi connectivity index (χ0n) is 19.1. The van der Waals surface area contributed by atoms with Gasteiger partial charge in [0, 0.05) is 23.7 Å². The molecule has 6 heteroatoms. The third-order valence-corrected chi connectivity index (χ3v) is 8.34. The van der Waals surface area contributed by atoms with Gasteiger partial charge in [0.05, 0.1) is 23.4 Å². The number of aryl methyl sites for hydroxylation is 1. The quantitative estimate of drug-likeness (QED) is 0.467. The fourth-order valence-corrected chi connectivity index (χ4v) is 6.85. The molecule has 0 aliphatic carbocycles. The Morgan fingerprint density at radius 3 is 2.23 bits per heavy atom. The highest BCUT2D eigenvalue weighted by Crippen LogP contribution is 2.46. The monoisotopic (exact) mass is 447 g/mol. The first-order valence-electron chi connectivity index (χ1n) is 11.2. The fraction of sp³-hybridized carbons (Fsp3) is 0.520. The van der Waals surface area contributed by atoms with E-state index in [1.807, 2.05) is 13.0 Å². The summed E-state index contributed by atoms with van der Waals surface area (Å²) in [5.74, 6) is 0.475. The predicted octanol–water partition coefficient (Wildman–Crippen LogP) is 6.43. The number of hydrogen-bond donors (Lipinski definition) is 0. The molecule has 4 nitrogen and oxygen atoms in total. The fourth-order valence-electron chi connectivity index (χ4n) is 4.66. The van der Waals surface area contributed by atoms with Crippen LogP contribution in [0.1, 0.15) is 57.9 Å². The van der Waals surface area contributed by atoms with Crippen LogP contribution in [-0.2, 0) is 9.84 Å². The molecule has 0 amide bonds. The number of hydrogen-bond acceptors (Lipinski definition) is 4. The van der Waals surface area contributed by atoms with Crippen molar-refractivity contribution in [3.63, 3.8) is 0 Å². The topological polar surface area (TPSA) is 46.6 Å². The van der Waals surface area contributed by atoms with Gasteiger partial charge in [0.25, 0.3) is 0 Å². The van der Waals surface area contributed by atoms with Crippen molar-refractivity contribution >= 4 is 21.2 Å². The van der Waals surface area contributed by atoms with Crippen molar-refractivity contribution in [2.45, 2.75) is 64.2 Å². The van der Waals surface area contributed by atoms with E-state index in [0.29, 0.717) is 22.9 Å². The molecule has 0 spiro atoms. The minimum Gasteiger partial charge on any atom is -0.496 e.